The van der Waals surface area contributed by atoms with E-state index < -0.39 is 0 Å². The quantitative estimate of drug-likeness (QED) is 0.750. The van der Waals surface area contributed by atoms with Crippen LogP contribution in [0.4, 0.5) is 0 Å². The van der Waals surface area contributed by atoms with E-state index in [1.54, 1.807) is 0 Å². The fourth-order valence-electron chi connectivity index (χ4n) is 2.40. The number of hydrogen-bond acceptors (Lipinski definition) is 3. The molecule has 2 heterocycles. The maximum Gasteiger partial charge on any atom is 0.251 e. The average molecular weight is 226 g/mol. The first-order chi connectivity index (χ1) is 7.68. The van der Waals surface area contributed by atoms with E-state index in [4.69, 9.17) is 4.74 Å². The van der Waals surface area contributed by atoms with Crippen molar-refractivity contribution < 1.29 is 9.53 Å². The fraction of sp³-hybridized carbons (Fsp3) is 0.917. The summed E-state index contributed by atoms with van der Waals surface area (Å²) in [6.07, 6.45) is 1.76. The summed E-state index contributed by atoms with van der Waals surface area (Å²) in [4.78, 5) is 14.1. The summed E-state index contributed by atoms with van der Waals surface area (Å²) in [5.74, 6) is 0.768. The Morgan fingerprint density at radius 3 is 2.94 bits per heavy atom. The Balaban J connectivity index is 1.90. The SMILES string of the molecule is CC(C)C1CN(C(=O)C2CCCO2)CCN1. The molecule has 1 amide bonds. The second-order valence-corrected chi connectivity index (χ2v) is 5.09. The first-order valence-electron chi connectivity index (χ1n) is 6.32. The predicted molar refractivity (Wildman–Crippen MR) is 62.2 cm³/mol. The average Bonchev–Trinajstić information content (AvgIpc) is 2.81. The summed E-state index contributed by atoms with van der Waals surface area (Å²) in [6, 6.07) is 0.430. The highest BCUT2D eigenvalue weighted by Crippen LogP contribution is 2.17. The lowest BCUT2D eigenvalue weighted by Crippen LogP contribution is -2.56. The zero-order chi connectivity index (χ0) is 11.5. The zero-order valence-corrected chi connectivity index (χ0v) is 10.2. The Morgan fingerprint density at radius 1 is 1.50 bits per heavy atom. The van der Waals surface area contributed by atoms with E-state index in [1.807, 2.05) is 4.90 Å². The van der Waals surface area contributed by atoms with Gasteiger partial charge in [0.25, 0.3) is 5.91 Å². The molecule has 2 saturated heterocycles. The molecule has 0 aromatic heterocycles. The number of ether oxygens (including phenoxy) is 1. The zero-order valence-electron chi connectivity index (χ0n) is 10.2. The van der Waals surface area contributed by atoms with E-state index >= 15 is 0 Å². The molecule has 4 nitrogen and oxygen atoms in total. The van der Waals surface area contributed by atoms with Crippen LogP contribution in [0.15, 0.2) is 0 Å². The molecule has 0 spiro atoms. The minimum atomic E-state index is -0.161. The summed E-state index contributed by atoms with van der Waals surface area (Å²) < 4.78 is 5.45. The number of rotatable bonds is 2. The van der Waals surface area contributed by atoms with Crippen molar-refractivity contribution in [1.29, 1.82) is 0 Å². The van der Waals surface area contributed by atoms with Gasteiger partial charge in [-0.2, -0.15) is 0 Å². The van der Waals surface area contributed by atoms with Crippen LogP contribution in [-0.4, -0.2) is 49.2 Å². The standard InChI is InChI=1S/C12H22N2O2/c1-9(2)10-8-14(6-5-13-10)12(15)11-4-3-7-16-11/h9-11,13H,3-8H2,1-2H3. The molecule has 0 radical (unpaired) electrons. The van der Waals surface area contributed by atoms with Crippen LogP contribution in [-0.2, 0) is 9.53 Å². The Morgan fingerprint density at radius 2 is 2.31 bits per heavy atom. The maximum atomic E-state index is 12.1. The summed E-state index contributed by atoms with van der Waals surface area (Å²) >= 11 is 0. The van der Waals surface area contributed by atoms with Crippen LogP contribution in [0.25, 0.3) is 0 Å². The lowest BCUT2D eigenvalue weighted by Gasteiger charge is -2.36. The predicted octanol–water partition coefficient (Wildman–Crippen LogP) is 0.622. The van der Waals surface area contributed by atoms with Crippen molar-refractivity contribution in [1.82, 2.24) is 10.2 Å². The smallest absolute Gasteiger partial charge is 0.251 e. The molecule has 2 atom stereocenters. The van der Waals surface area contributed by atoms with Crippen LogP contribution in [0.3, 0.4) is 0 Å². The number of amides is 1. The van der Waals surface area contributed by atoms with Gasteiger partial charge in [0.1, 0.15) is 6.10 Å². The van der Waals surface area contributed by atoms with Crippen LogP contribution in [0.1, 0.15) is 26.7 Å². The Kier molecular flexibility index (Phi) is 3.82. The van der Waals surface area contributed by atoms with Crippen molar-refractivity contribution in [2.24, 2.45) is 5.92 Å². The molecule has 0 aromatic carbocycles. The van der Waals surface area contributed by atoms with Crippen molar-refractivity contribution in [2.45, 2.75) is 38.8 Å². The Bertz CT molecular complexity index is 249. The van der Waals surface area contributed by atoms with Crippen molar-refractivity contribution in [3.63, 3.8) is 0 Å². The van der Waals surface area contributed by atoms with Gasteiger partial charge in [-0.15, -0.1) is 0 Å². The van der Waals surface area contributed by atoms with Gasteiger partial charge >= 0.3 is 0 Å². The van der Waals surface area contributed by atoms with Gasteiger partial charge in [0.05, 0.1) is 0 Å². The van der Waals surface area contributed by atoms with Crippen LogP contribution >= 0.6 is 0 Å². The molecule has 2 fully saturated rings. The third-order valence-corrected chi connectivity index (χ3v) is 3.53. The van der Waals surface area contributed by atoms with E-state index in [9.17, 15) is 4.79 Å². The Labute approximate surface area is 97.3 Å². The van der Waals surface area contributed by atoms with E-state index in [0.29, 0.717) is 12.0 Å². The Hall–Kier alpha value is -0.610. The van der Waals surface area contributed by atoms with Crippen LogP contribution in [0.2, 0.25) is 0 Å². The first-order valence-corrected chi connectivity index (χ1v) is 6.32. The molecule has 0 saturated carbocycles. The summed E-state index contributed by atoms with van der Waals surface area (Å²) in [5, 5.41) is 3.46. The fourth-order valence-corrected chi connectivity index (χ4v) is 2.40. The molecule has 2 aliphatic heterocycles. The van der Waals surface area contributed by atoms with Gasteiger partial charge in [0.15, 0.2) is 0 Å². The van der Waals surface area contributed by atoms with Crippen molar-refractivity contribution >= 4 is 5.91 Å². The second kappa shape index (κ2) is 5.15. The first kappa shape index (κ1) is 11.9. The topological polar surface area (TPSA) is 41.6 Å². The highest BCUT2D eigenvalue weighted by molar-refractivity contribution is 5.81. The largest absolute Gasteiger partial charge is 0.368 e. The van der Waals surface area contributed by atoms with E-state index in [0.717, 1.165) is 39.1 Å². The lowest BCUT2D eigenvalue weighted by atomic mass is 10.0. The molecule has 4 heteroatoms. The second-order valence-electron chi connectivity index (χ2n) is 5.09. The number of hydrogen-bond donors (Lipinski definition) is 1. The highest BCUT2D eigenvalue weighted by atomic mass is 16.5. The molecule has 1 N–H and O–H groups in total. The van der Waals surface area contributed by atoms with E-state index in [2.05, 4.69) is 19.2 Å². The molecule has 0 aromatic rings. The number of carbonyl (C=O) groups is 1. The number of piperazine rings is 1. The molecule has 0 aliphatic carbocycles. The van der Waals surface area contributed by atoms with E-state index in [-0.39, 0.29) is 12.0 Å². The molecule has 2 aliphatic rings. The van der Waals surface area contributed by atoms with Gasteiger partial charge < -0.3 is 15.0 Å². The molecule has 2 rings (SSSR count). The van der Waals surface area contributed by atoms with Crippen LogP contribution in [0, 0.1) is 5.92 Å². The van der Waals surface area contributed by atoms with E-state index in [1.165, 1.54) is 0 Å². The number of nitrogens with zero attached hydrogens (tertiary/aromatic N) is 1. The highest BCUT2D eigenvalue weighted by Gasteiger charge is 2.31. The third kappa shape index (κ3) is 2.55. The molecular weight excluding hydrogens is 204 g/mol. The van der Waals surface area contributed by atoms with Crippen molar-refractivity contribution in [3.05, 3.63) is 0 Å². The lowest BCUT2D eigenvalue weighted by molar-refractivity contribution is -0.142. The summed E-state index contributed by atoms with van der Waals surface area (Å²) in [7, 11) is 0. The van der Waals surface area contributed by atoms with Crippen LogP contribution in [0.5, 0.6) is 0 Å². The molecular formula is C12H22N2O2. The van der Waals surface area contributed by atoms with Gasteiger partial charge in [-0.3, -0.25) is 4.79 Å². The molecule has 0 bridgehead atoms. The van der Waals surface area contributed by atoms with Crippen molar-refractivity contribution in [3.8, 4) is 0 Å². The van der Waals surface area contributed by atoms with Crippen LogP contribution < -0.4 is 5.32 Å². The molecule has 16 heavy (non-hydrogen) atoms. The minimum absolute atomic E-state index is 0.161. The van der Waals surface area contributed by atoms with Crippen molar-refractivity contribution in [2.75, 3.05) is 26.2 Å². The van der Waals surface area contributed by atoms with Gasteiger partial charge in [0.2, 0.25) is 0 Å². The van der Waals surface area contributed by atoms with Gasteiger partial charge in [-0.1, -0.05) is 13.8 Å². The monoisotopic (exact) mass is 226 g/mol. The maximum absolute atomic E-state index is 12.1. The summed E-state index contributed by atoms with van der Waals surface area (Å²) in [6.45, 7) is 7.69. The normalized spacial score (nSPS) is 31.1. The van der Waals surface area contributed by atoms with Gasteiger partial charge in [-0.25, -0.2) is 0 Å². The molecule has 92 valence electrons. The van der Waals surface area contributed by atoms with Gasteiger partial charge in [-0.05, 0) is 18.8 Å². The summed E-state index contributed by atoms with van der Waals surface area (Å²) in [5.41, 5.74) is 0. The van der Waals surface area contributed by atoms with Gasteiger partial charge in [0, 0.05) is 32.3 Å². The molecule has 2 unspecified atom stereocenters. The third-order valence-electron chi connectivity index (χ3n) is 3.53. The minimum Gasteiger partial charge on any atom is -0.368 e. The number of nitrogens with one attached hydrogen (secondary N) is 1. The number of carbonyl (C=O) groups excluding carboxylic acids is 1.